The summed E-state index contributed by atoms with van der Waals surface area (Å²) in [6.07, 6.45) is 0.786. The quantitative estimate of drug-likeness (QED) is 0.760. The molecule has 1 aromatic heterocycles. The summed E-state index contributed by atoms with van der Waals surface area (Å²) in [7, 11) is 1.55. The SMILES string of the molecule is COCC(=O)N1CCc2[nH]nc(C(c3ccccc3)c3ccccc3)c2C1. The van der Waals surface area contributed by atoms with Crippen molar-refractivity contribution >= 4 is 5.91 Å². The van der Waals surface area contributed by atoms with Gasteiger partial charge in [-0.2, -0.15) is 5.10 Å². The van der Waals surface area contributed by atoms with E-state index in [1.807, 2.05) is 17.0 Å². The van der Waals surface area contributed by atoms with Crippen molar-refractivity contribution in [2.75, 3.05) is 20.3 Å². The van der Waals surface area contributed by atoms with Crippen LogP contribution in [-0.2, 0) is 22.5 Å². The van der Waals surface area contributed by atoms with Crippen molar-refractivity contribution in [1.29, 1.82) is 0 Å². The lowest BCUT2D eigenvalue weighted by Gasteiger charge is -2.28. The maximum atomic E-state index is 12.3. The molecule has 5 nitrogen and oxygen atoms in total. The molecule has 1 aliphatic heterocycles. The van der Waals surface area contributed by atoms with Crippen LogP contribution in [-0.4, -0.2) is 41.3 Å². The van der Waals surface area contributed by atoms with E-state index in [1.54, 1.807) is 7.11 Å². The Labute approximate surface area is 159 Å². The Morgan fingerprint density at radius 1 is 1.11 bits per heavy atom. The summed E-state index contributed by atoms with van der Waals surface area (Å²) in [5.41, 5.74) is 5.64. The van der Waals surface area contributed by atoms with Crippen molar-refractivity contribution in [3.05, 3.63) is 88.7 Å². The zero-order valence-electron chi connectivity index (χ0n) is 15.4. The fourth-order valence-electron chi connectivity index (χ4n) is 3.78. The maximum Gasteiger partial charge on any atom is 0.248 e. The fraction of sp³-hybridized carbons (Fsp3) is 0.273. The first-order valence-corrected chi connectivity index (χ1v) is 9.20. The Bertz CT molecular complexity index is 866. The number of nitrogens with zero attached hydrogens (tertiary/aromatic N) is 2. The van der Waals surface area contributed by atoms with Gasteiger partial charge in [0, 0.05) is 37.9 Å². The Balaban J connectivity index is 1.75. The van der Waals surface area contributed by atoms with Crippen LogP contribution < -0.4 is 0 Å². The molecule has 0 spiro atoms. The second-order valence-corrected chi connectivity index (χ2v) is 6.82. The Morgan fingerprint density at radius 2 is 1.74 bits per heavy atom. The largest absolute Gasteiger partial charge is 0.375 e. The highest BCUT2D eigenvalue weighted by atomic mass is 16.5. The average Bonchev–Trinajstić information content (AvgIpc) is 3.13. The third kappa shape index (κ3) is 3.51. The van der Waals surface area contributed by atoms with Gasteiger partial charge in [0.1, 0.15) is 6.61 Å². The number of fused-ring (bicyclic) bond motifs is 1. The lowest BCUT2D eigenvalue weighted by molar-refractivity contribution is -0.136. The molecule has 3 aromatic rings. The molecule has 27 heavy (non-hydrogen) atoms. The van der Waals surface area contributed by atoms with Crippen LogP contribution in [0.3, 0.4) is 0 Å². The lowest BCUT2D eigenvalue weighted by Crippen LogP contribution is -2.38. The number of amides is 1. The van der Waals surface area contributed by atoms with E-state index in [0.29, 0.717) is 13.1 Å². The standard InChI is InChI=1S/C22H23N3O2/c1-27-15-20(26)25-13-12-19-18(14-25)22(24-23-19)21(16-8-4-2-5-9-16)17-10-6-3-7-11-17/h2-11,21H,12-15H2,1H3,(H,23,24). The minimum atomic E-state index is 0.0197. The van der Waals surface area contributed by atoms with E-state index in [4.69, 9.17) is 9.84 Å². The molecule has 138 valence electrons. The second-order valence-electron chi connectivity index (χ2n) is 6.82. The number of carbonyl (C=O) groups excluding carboxylic acids is 1. The van der Waals surface area contributed by atoms with Gasteiger partial charge in [0.15, 0.2) is 0 Å². The summed E-state index contributed by atoms with van der Waals surface area (Å²) in [6, 6.07) is 20.8. The van der Waals surface area contributed by atoms with Crippen LogP contribution >= 0.6 is 0 Å². The smallest absolute Gasteiger partial charge is 0.248 e. The maximum absolute atomic E-state index is 12.3. The number of H-pyrrole nitrogens is 1. The van der Waals surface area contributed by atoms with Gasteiger partial charge in [-0.3, -0.25) is 9.89 Å². The molecular weight excluding hydrogens is 338 g/mol. The topological polar surface area (TPSA) is 58.2 Å². The van der Waals surface area contributed by atoms with Crippen molar-refractivity contribution in [3.8, 4) is 0 Å². The minimum Gasteiger partial charge on any atom is -0.375 e. The number of methoxy groups -OCH3 is 1. The average molecular weight is 361 g/mol. The third-order valence-corrected chi connectivity index (χ3v) is 5.13. The molecule has 0 unspecified atom stereocenters. The zero-order valence-corrected chi connectivity index (χ0v) is 15.4. The Hall–Kier alpha value is -2.92. The first-order chi connectivity index (χ1) is 13.3. The first kappa shape index (κ1) is 17.5. The van der Waals surface area contributed by atoms with E-state index in [0.717, 1.165) is 23.4 Å². The van der Waals surface area contributed by atoms with Crippen molar-refractivity contribution in [2.24, 2.45) is 0 Å². The lowest BCUT2D eigenvalue weighted by atomic mass is 9.85. The highest BCUT2D eigenvalue weighted by molar-refractivity contribution is 5.77. The van der Waals surface area contributed by atoms with E-state index in [-0.39, 0.29) is 18.4 Å². The summed E-state index contributed by atoms with van der Waals surface area (Å²) in [4.78, 5) is 14.2. The number of aromatic nitrogens is 2. The van der Waals surface area contributed by atoms with Crippen LogP contribution in [0, 0.1) is 0 Å². The van der Waals surface area contributed by atoms with Gasteiger partial charge >= 0.3 is 0 Å². The second kappa shape index (κ2) is 7.76. The van der Waals surface area contributed by atoms with E-state index >= 15 is 0 Å². The molecule has 0 saturated carbocycles. The van der Waals surface area contributed by atoms with Crippen LogP contribution in [0.25, 0.3) is 0 Å². The molecule has 2 heterocycles. The third-order valence-electron chi connectivity index (χ3n) is 5.13. The molecule has 0 saturated heterocycles. The highest BCUT2D eigenvalue weighted by Crippen LogP contribution is 2.35. The normalized spacial score (nSPS) is 13.6. The molecular formula is C22H23N3O2. The van der Waals surface area contributed by atoms with Gasteiger partial charge in [-0.25, -0.2) is 0 Å². The van der Waals surface area contributed by atoms with Crippen molar-refractivity contribution < 1.29 is 9.53 Å². The predicted molar refractivity (Wildman–Crippen MR) is 103 cm³/mol. The summed E-state index contributed by atoms with van der Waals surface area (Å²) in [5.74, 6) is 0.0520. The van der Waals surface area contributed by atoms with Gasteiger partial charge in [-0.05, 0) is 11.1 Å². The fourth-order valence-corrected chi connectivity index (χ4v) is 3.78. The van der Waals surface area contributed by atoms with Gasteiger partial charge in [-0.15, -0.1) is 0 Å². The Kier molecular flexibility index (Phi) is 5.03. The Morgan fingerprint density at radius 3 is 2.33 bits per heavy atom. The number of aromatic amines is 1. The van der Waals surface area contributed by atoms with E-state index in [2.05, 4.69) is 53.6 Å². The van der Waals surface area contributed by atoms with Crippen LogP contribution in [0.4, 0.5) is 0 Å². The van der Waals surface area contributed by atoms with Crippen molar-refractivity contribution in [2.45, 2.75) is 18.9 Å². The number of rotatable bonds is 5. The summed E-state index contributed by atoms with van der Waals surface area (Å²) in [6.45, 7) is 1.38. The number of hydrogen-bond donors (Lipinski definition) is 1. The van der Waals surface area contributed by atoms with E-state index < -0.39 is 0 Å². The molecule has 1 amide bonds. The zero-order chi connectivity index (χ0) is 18.6. The van der Waals surface area contributed by atoms with Crippen molar-refractivity contribution in [1.82, 2.24) is 15.1 Å². The molecule has 0 aliphatic carbocycles. The molecule has 1 aliphatic rings. The number of carbonyl (C=O) groups is 1. The molecule has 4 rings (SSSR count). The predicted octanol–water partition coefficient (Wildman–Crippen LogP) is 3.12. The molecule has 2 aromatic carbocycles. The van der Waals surface area contributed by atoms with Crippen LogP contribution in [0.15, 0.2) is 60.7 Å². The van der Waals surface area contributed by atoms with E-state index in [9.17, 15) is 4.79 Å². The van der Waals surface area contributed by atoms with Gasteiger partial charge in [0.25, 0.3) is 0 Å². The molecule has 0 bridgehead atoms. The summed E-state index contributed by atoms with van der Waals surface area (Å²) in [5, 5.41) is 7.91. The molecule has 0 radical (unpaired) electrons. The number of hydrogen-bond acceptors (Lipinski definition) is 3. The number of ether oxygens (including phenoxy) is 1. The van der Waals surface area contributed by atoms with Gasteiger partial charge in [0.05, 0.1) is 11.6 Å². The first-order valence-electron chi connectivity index (χ1n) is 9.20. The van der Waals surface area contributed by atoms with E-state index in [1.165, 1.54) is 11.1 Å². The van der Waals surface area contributed by atoms with Gasteiger partial charge in [0.2, 0.25) is 5.91 Å². The van der Waals surface area contributed by atoms with Crippen LogP contribution in [0.2, 0.25) is 0 Å². The molecule has 5 heteroatoms. The molecule has 0 fully saturated rings. The summed E-state index contributed by atoms with van der Waals surface area (Å²) >= 11 is 0. The van der Waals surface area contributed by atoms with Crippen LogP contribution in [0.5, 0.6) is 0 Å². The number of nitrogens with one attached hydrogen (secondary N) is 1. The monoisotopic (exact) mass is 361 g/mol. The highest BCUT2D eigenvalue weighted by Gasteiger charge is 2.29. The molecule has 1 N–H and O–H groups in total. The van der Waals surface area contributed by atoms with Crippen LogP contribution in [0.1, 0.15) is 34.0 Å². The number of benzene rings is 2. The van der Waals surface area contributed by atoms with Gasteiger partial charge < -0.3 is 9.64 Å². The van der Waals surface area contributed by atoms with Crippen molar-refractivity contribution in [3.63, 3.8) is 0 Å². The van der Waals surface area contributed by atoms with Gasteiger partial charge in [-0.1, -0.05) is 60.7 Å². The minimum absolute atomic E-state index is 0.0197. The summed E-state index contributed by atoms with van der Waals surface area (Å²) < 4.78 is 5.03. The molecule has 0 atom stereocenters.